The molecule has 4 aromatic rings. The van der Waals surface area contributed by atoms with Gasteiger partial charge in [0.25, 0.3) is 0 Å². The predicted molar refractivity (Wildman–Crippen MR) is 278 cm³/mol. The summed E-state index contributed by atoms with van der Waals surface area (Å²) in [5.74, 6) is -0.708. The van der Waals surface area contributed by atoms with Crippen molar-refractivity contribution in [2.24, 2.45) is 0 Å². The monoisotopic (exact) mass is 1060 g/mol. The van der Waals surface area contributed by atoms with Crippen molar-refractivity contribution < 1.29 is 69.0 Å². The van der Waals surface area contributed by atoms with Gasteiger partial charge in [0, 0.05) is 63.6 Å². The van der Waals surface area contributed by atoms with Gasteiger partial charge >= 0.3 is 0 Å². The first-order valence-electron chi connectivity index (χ1n) is 27.1. The van der Waals surface area contributed by atoms with Crippen LogP contribution in [0.2, 0.25) is 0 Å². The van der Waals surface area contributed by atoms with Crippen LogP contribution in [0.3, 0.4) is 0 Å². The molecule has 0 bridgehead atoms. The van der Waals surface area contributed by atoms with E-state index >= 15 is 0 Å². The predicted octanol–water partition coefficient (Wildman–Crippen LogP) is 0.919. The SMILES string of the molecule is C[C@@H]1[C@@H](O)[C@H](O)[C@@H](OC[C@@H]2[C@@H](O)[C@H](O)[C@@H](O[C@@H]3[C@@H](O)[C@H](O)[C@@H](OC[C@@H]4[C@@H](O)[C@H](O)[C@@H](O)CN4CCCc4ccc(F)cc4)CN3CCCc3ccccc3F)CN2CCCc2ccccc2)CN1CCc1ccccn1. The molecule has 0 saturated carbocycles. The number of aryl methyl sites for hydroxylation is 3. The second-order valence-corrected chi connectivity index (χ2v) is 21.2. The van der Waals surface area contributed by atoms with Crippen molar-refractivity contribution >= 4 is 0 Å². The molecule has 4 aliphatic rings. The Kier molecular flexibility index (Phi) is 21.2. The number of benzene rings is 3. The number of aliphatic hydroxyl groups excluding tert-OH is 9. The zero-order valence-electron chi connectivity index (χ0n) is 43.3. The summed E-state index contributed by atoms with van der Waals surface area (Å²) >= 11 is 0. The second-order valence-electron chi connectivity index (χ2n) is 21.2. The maximum atomic E-state index is 14.8. The molecule has 4 saturated heterocycles. The highest BCUT2D eigenvalue weighted by molar-refractivity contribution is 5.18. The van der Waals surface area contributed by atoms with Gasteiger partial charge in [-0.05, 0) is 106 Å². The van der Waals surface area contributed by atoms with Crippen molar-refractivity contribution in [3.63, 3.8) is 0 Å². The summed E-state index contributed by atoms with van der Waals surface area (Å²) in [4.78, 5) is 12.0. The fourth-order valence-corrected chi connectivity index (χ4v) is 11.5. The average Bonchev–Trinajstić information content (AvgIpc) is 3.42. The van der Waals surface area contributed by atoms with Gasteiger partial charge < -0.3 is 60.2 Å². The van der Waals surface area contributed by atoms with Crippen LogP contribution in [0.5, 0.6) is 0 Å². The molecule has 0 amide bonds. The third-order valence-corrected chi connectivity index (χ3v) is 16.1. The topological polar surface area (TPSA) is 236 Å². The van der Waals surface area contributed by atoms with Crippen molar-refractivity contribution in [1.82, 2.24) is 24.6 Å². The number of pyridine rings is 1. The second kappa shape index (κ2) is 27.8. The molecular weight excluding hydrogens is 985 g/mol. The number of likely N-dealkylation sites (tertiary alicyclic amines) is 4. The third-order valence-electron chi connectivity index (χ3n) is 16.1. The number of halogens is 2. The maximum Gasteiger partial charge on any atom is 0.140 e. The van der Waals surface area contributed by atoms with Crippen LogP contribution in [-0.2, 0) is 39.9 Å². The van der Waals surface area contributed by atoms with Crippen molar-refractivity contribution in [2.75, 3.05) is 65.6 Å². The zero-order valence-corrected chi connectivity index (χ0v) is 43.3. The van der Waals surface area contributed by atoms with Crippen LogP contribution >= 0.6 is 0 Å². The lowest BCUT2D eigenvalue weighted by Gasteiger charge is -2.50. The van der Waals surface area contributed by atoms with Gasteiger partial charge in [0.15, 0.2) is 0 Å². The molecule has 9 N–H and O–H groups in total. The first-order chi connectivity index (χ1) is 36.7. The molecule has 76 heavy (non-hydrogen) atoms. The van der Waals surface area contributed by atoms with Crippen LogP contribution < -0.4 is 0 Å². The highest BCUT2D eigenvalue weighted by Crippen LogP contribution is 2.31. The van der Waals surface area contributed by atoms with E-state index in [2.05, 4.69) is 9.88 Å². The van der Waals surface area contributed by atoms with Gasteiger partial charge in [-0.15, -0.1) is 0 Å². The Morgan fingerprint density at radius 3 is 1.68 bits per heavy atom. The molecule has 0 unspecified atom stereocenters. The van der Waals surface area contributed by atoms with Crippen LogP contribution in [0.4, 0.5) is 8.78 Å². The zero-order chi connectivity index (χ0) is 53.9. The molecule has 0 spiro atoms. The molecule has 16 atom stereocenters. The lowest BCUT2D eigenvalue weighted by molar-refractivity contribution is -0.265. The van der Waals surface area contributed by atoms with Gasteiger partial charge in [-0.2, -0.15) is 0 Å². The first-order valence-corrected chi connectivity index (χ1v) is 27.1. The number of nitrogens with zero attached hydrogens (tertiary/aromatic N) is 5. The van der Waals surface area contributed by atoms with Gasteiger partial charge in [0.1, 0.15) is 66.7 Å². The molecule has 17 nitrogen and oxygen atoms in total. The van der Waals surface area contributed by atoms with Gasteiger partial charge in [-0.25, -0.2) is 8.78 Å². The van der Waals surface area contributed by atoms with E-state index in [4.69, 9.17) is 14.2 Å². The van der Waals surface area contributed by atoms with E-state index in [0.717, 1.165) is 16.8 Å². The summed E-state index contributed by atoms with van der Waals surface area (Å²) in [6, 6.07) is 26.3. The van der Waals surface area contributed by atoms with E-state index in [1.807, 2.05) is 65.3 Å². The van der Waals surface area contributed by atoms with Crippen LogP contribution in [0.1, 0.15) is 48.6 Å². The summed E-state index contributed by atoms with van der Waals surface area (Å²) in [7, 11) is 0. The fourth-order valence-electron chi connectivity index (χ4n) is 11.5. The molecule has 1 aromatic heterocycles. The maximum absolute atomic E-state index is 14.8. The lowest BCUT2D eigenvalue weighted by Crippen LogP contribution is -2.68. The van der Waals surface area contributed by atoms with E-state index in [1.54, 1.807) is 41.4 Å². The van der Waals surface area contributed by atoms with Crippen LogP contribution in [0, 0.1) is 11.6 Å². The minimum Gasteiger partial charge on any atom is -0.389 e. The molecule has 19 heteroatoms. The van der Waals surface area contributed by atoms with Crippen molar-refractivity contribution in [2.45, 2.75) is 149 Å². The Morgan fingerprint density at radius 2 is 1.03 bits per heavy atom. The number of aromatic nitrogens is 1. The standard InChI is InChI=1S/C57H79F2N5O12/c1-36-49(66)53(70)46(31-61(36)29-24-41-18-7-8-25-60-41)74-35-44-51(68)55(72)48(33-63(44)27-9-14-37-12-3-2-4-13-37)76-57-56(73)54(71)47(32-64(57)28-11-17-39-16-5-6-19-42(39)59)75-34-43-50(67)52(69)45(65)30-62(43)26-10-15-38-20-22-40(58)23-21-38/h2-8,12-13,16,18-23,25,36,43-57,65-73H,9-11,14-15,17,24,26-35H2,1H3/t36-,43-,44-,45+,46+,47+,48+,49-,50-,51-,52-,53-,54-,55-,56+,57-/m1/s1. The van der Waals surface area contributed by atoms with E-state index in [1.165, 1.54) is 18.2 Å². The number of aliphatic hydroxyl groups is 9. The first kappa shape index (κ1) is 58.2. The average molecular weight is 1060 g/mol. The van der Waals surface area contributed by atoms with Gasteiger partial charge in [0.05, 0.1) is 49.7 Å². The molecule has 5 heterocycles. The van der Waals surface area contributed by atoms with Gasteiger partial charge in [0.2, 0.25) is 0 Å². The highest BCUT2D eigenvalue weighted by atomic mass is 19.1. The quantitative estimate of drug-likeness (QED) is 0.0503. The number of ether oxygens (including phenoxy) is 3. The number of piperidine rings is 4. The van der Waals surface area contributed by atoms with Crippen LogP contribution in [0.15, 0.2) is 103 Å². The number of β-amino-alcohol motifs (C(OH)–C–C–N with tert-alkyl or cyclic N) is 1. The molecule has 8 rings (SSSR count). The Labute approximate surface area is 444 Å². The minimum atomic E-state index is -1.62. The summed E-state index contributed by atoms with van der Waals surface area (Å²) < 4.78 is 47.8. The van der Waals surface area contributed by atoms with Gasteiger partial charge in [-0.1, -0.05) is 66.7 Å². The summed E-state index contributed by atoms with van der Waals surface area (Å²) in [6.45, 7) is 3.59. The minimum absolute atomic E-state index is 0.00554. The number of hydrogen-bond acceptors (Lipinski definition) is 17. The normalized spacial score (nSPS) is 33.2. The molecule has 418 valence electrons. The Morgan fingerprint density at radius 1 is 0.487 bits per heavy atom. The van der Waals surface area contributed by atoms with Crippen LogP contribution in [-0.4, -0.2) is 234 Å². The lowest BCUT2D eigenvalue weighted by atomic mass is 9.92. The molecule has 3 aromatic carbocycles. The van der Waals surface area contributed by atoms with Crippen molar-refractivity contribution in [3.05, 3.63) is 137 Å². The third kappa shape index (κ3) is 14.8. The molecule has 4 aliphatic heterocycles. The largest absolute Gasteiger partial charge is 0.389 e. The molecular formula is C57H79F2N5O12. The summed E-state index contributed by atoms with van der Waals surface area (Å²) in [5.41, 5.74) is 3.40. The van der Waals surface area contributed by atoms with Crippen LogP contribution in [0.25, 0.3) is 0 Å². The molecule has 4 fully saturated rings. The Hall–Kier alpha value is -3.97. The smallest absolute Gasteiger partial charge is 0.140 e. The molecule has 0 radical (unpaired) electrons. The fraction of sp³-hybridized carbons (Fsp3) is 0.596. The Bertz CT molecular complexity index is 2340. The van der Waals surface area contributed by atoms with E-state index in [0.29, 0.717) is 76.7 Å². The van der Waals surface area contributed by atoms with Crippen molar-refractivity contribution in [3.8, 4) is 0 Å². The highest BCUT2D eigenvalue weighted by Gasteiger charge is 2.50. The van der Waals surface area contributed by atoms with E-state index in [-0.39, 0.29) is 57.1 Å². The number of hydrogen-bond donors (Lipinski definition) is 9. The van der Waals surface area contributed by atoms with Gasteiger partial charge in [-0.3, -0.25) is 24.6 Å². The van der Waals surface area contributed by atoms with E-state index in [9.17, 15) is 54.7 Å². The number of rotatable bonds is 23. The Balaban J connectivity index is 0.965. The van der Waals surface area contributed by atoms with E-state index < -0.39 is 91.6 Å². The molecule has 0 aliphatic carbocycles. The summed E-state index contributed by atoms with van der Waals surface area (Å²) in [5, 5.41) is 103. The summed E-state index contributed by atoms with van der Waals surface area (Å²) in [6.07, 6.45) is -11.2. The van der Waals surface area contributed by atoms with Crippen molar-refractivity contribution in [1.29, 1.82) is 0 Å².